The minimum atomic E-state index is -0.566. The van der Waals surface area contributed by atoms with Gasteiger partial charge in [-0.05, 0) is 81.7 Å². The van der Waals surface area contributed by atoms with Gasteiger partial charge in [0, 0.05) is 29.5 Å². The topological polar surface area (TPSA) is 56.1 Å². The summed E-state index contributed by atoms with van der Waals surface area (Å²) < 4.78 is 14.9. The Kier molecular flexibility index (Phi) is 5.54. The molecular weight excluding hydrogens is 377 g/mol. The lowest BCUT2D eigenvalue weighted by molar-refractivity contribution is -0.112. The summed E-state index contributed by atoms with van der Waals surface area (Å²) in [6.07, 6.45) is 3.43. The molecule has 1 N–H and O–H groups in total. The predicted octanol–water partition coefficient (Wildman–Crippen LogP) is 5.62. The van der Waals surface area contributed by atoms with Crippen LogP contribution in [0.2, 0.25) is 0 Å². The van der Waals surface area contributed by atoms with Crippen LogP contribution in [0.15, 0.2) is 42.0 Å². The molecule has 0 radical (unpaired) electrons. The quantitative estimate of drug-likeness (QED) is 0.534. The van der Waals surface area contributed by atoms with E-state index in [1.54, 1.807) is 12.1 Å². The third-order valence-electron chi connectivity index (χ3n) is 5.77. The summed E-state index contributed by atoms with van der Waals surface area (Å²) >= 11 is 0. The molecule has 0 aliphatic carbocycles. The van der Waals surface area contributed by atoms with Crippen molar-refractivity contribution in [1.29, 1.82) is 5.26 Å². The van der Waals surface area contributed by atoms with Crippen LogP contribution in [0.4, 0.5) is 15.8 Å². The first kappa shape index (κ1) is 21.3. The Labute approximate surface area is 177 Å². The van der Waals surface area contributed by atoms with E-state index in [-0.39, 0.29) is 16.7 Å². The molecule has 0 unspecified atom stereocenters. The summed E-state index contributed by atoms with van der Waals surface area (Å²) in [5.74, 6) is -1.04. The molecule has 2 aromatic carbocycles. The van der Waals surface area contributed by atoms with Crippen molar-refractivity contribution in [1.82, 2.24) is 0 Å². The molecule has 0 aromatic heterocycles. The zero-order valence-electron chi connectivity index (χ0n) is 18.2. The molecular formula is C25H26FN3O. The third kappa shape index (κ3) is 3.99. The number of nitrogens with zero attached hydrogens (tertiary/aromatic N) is 2. The molecule has 4 nitrogen and oxygen atoms in total. The minimum Gasteiger partial charge on any atom is -0.365 e. The van der Waals surface area contributed by atoms with Gasteiger partial charge in [-0.1, -0.05) is 12.1 Å². The fourth-order valence-corrected chi connectivity index (χ4v) is 3.62. The van der Waals surface area contributed by atoms with Gasteiger partial charge in [0.25, 0.3) is 5.91 Å². The van der Waals surface area contributed by atoms with Crippen LogP contribution in [0.3, 0.4) is 0 Å². The van der Waals surface area contributed by atoms with Gasteiger partial charge in [-0.2, -0.15) is 5.26 Å². The highest BCUT2D eigenvalue weighted by molar-refractivity contribution is 6.09. The summed E-state index contributed by atoms with van der Waals surface area (Å²) in [5, 5.41) is 12.2. The monoisotopic (exact) mass is 403 g/mol. The predicted molar refractivity (Wildman–Crippen MR) is 121 cm³/mol. The number of aryl methyl sites for hydroxylation is 2. The Bertz CT molecular complexity index is 1140. The first-order chi connectivity index (χ1) is 14.0. The maximum atomic E-state index is 14.9. The van der Waals surface area contributed by atoms with Crippen molar-refractivity contribution in [2.75, 3.05) is 17.3 Å². The minimum absolute atomic E-state index is 0.154. The summed E-state index contributed by atoms with van der Waals surface area (Å²) in [6.45, 7) is 10.0. The number of nitrogens with one attached hydrogen (secondary N) is 1. The van der Waals surface area contributed by atoms with Crippen molar-refractivity contribution in [3.63, 3.8) is 0 Å². The molecule has 5 heteroatoms. The molecule has 0 saturated heterocycles. The van der Waals surface area contributed by atoms with E-state index in [0.717, 1.165) is 28.0 Å². The summed E-state index contributed by atoms with van der Waals surface area (Å²) in [5.41, 5.74) is 5.26. The molecule has 2 aromatic rings. The van der Waals surface area contributed by atoms with Gasteiger partial charge in [0.15, 0.2) is 0 Å². The van der Waals surface area contributed by atoms with Crippen molar-refractivity contribution in [3.8, 4) is 6.07 Å². The maximum Gasteiger partial charge on any atom is 0.266 e. The number of carbonyl (C=O) groups excluding carboxylic acids is 1. The van der Waals surface area contributed by atoms with Gasteiger partial charge in [0.2, 0.25) is 0 Å². The molecule has 0 saturated carbocycles. The number of likely N-dealkylation sites (N-methyl/N-ethyl adjacent to an activating group) is 1. The van der Waals surface area contributed by atoms with Crippen LogP contribution in [0.5, 0.6) is 0 Å². The lowest BCUT2D eigenvalue weighted by Gasteiger charge is -2.40. The summed E-state index contributed by atoms with van der Waals surface area (Å²) in [7, 11) is 1.93. The van der Waals surface area contributed by atoms with Crippen molar-refractivity contribution < 1.29 is 9.18 Å². The molecule has 0 bridgehead atoms. The first-order valence-corrected chi connectivity index (χ1v) is 9.81. The summed E-state index contributed by atoms with van der Waals surface area (Å²) in [4.78, 5) is 14.6. The van der Waals surface area contributed by atoms with Gasteiger partial charge in [0.1, 0.15) is 17.5 Å². The van der Waals surface area contributed by atoms with Gasteiger partial charge in [-0.3, -0.25) is 4.79 Å². The van der Waals surface area contributed by atoms with Crippen molar-refractivity contribution >= 4 is 28.9 Å². The lowest BCUT2D eigenvalue weighted by Crippen LogP contribution is -2.42. The number of hydrogen-bond donors (Lipinski definition) is 1. The van der Waals surface area contributed by atoms with Crippen LogP contribution in [-0.2, 0) is 4.79 Å². The molecule has 1 amide bonds. The number of halogens is 1. The van der Waals surface area contributed by atoms with Crippen molar-refractivity contribution in [2.24, 2.45) is 0 Å². The fourth-order valence-electron chi connectivity index (χ4n) is 3.62. The van der Waals surface area contributed by atoms with E-state index in [1.165, 1.54) is 12.1 Å². The normalized spacial score (nSPS) is 15.2. The van der Waals surface area contributed by atoms with Gasteiger partial charge in [-0.15, -0.1) is 0 Å². The molecule has 1 aliphatic heterocycles. The second-order valence-electron chi connectivity index (χ2n) is 8.35. The highest BCUT2D eigenvalue weighted by Crippen LogP contribution is 2.39. The number of benzene rings is 2. The van der Waals surface area contributed by atoms with Crippen LogP contribution in [0, 0.1) is 31.0 Å². The van der Waals surface area contributed by atoms with E-state index in [4.69, 9.17) is 0 Å². The Hall–Kier alpha value is -3.39. The number of fused-ring (bicyclic) bond motifs is 1. The molecule has 0 spiro atoms. The molecule has 0 atom stereocenters. The van der Waals surface area contributed by atoms with Gasteiger partial charge >= 0.3 is 0 Å². The van der Waals surface area contributed by atoms with Crippen LogP contribution in [0.25, 0.3) is 11.6 Å². The van der Waals surface area contributed by atoms with Crippen LogP contribution < -0.4 is 10.2 Å². The number of hydrogen-bond acceptors (Lipinski definition) is 3. The standard InChI is InChI=1S/C25H26FN3O/c1-15-7-8-20(9-16(15)2)28-24(30)19(14-27)10-18-11-21-17(3)13-25(4,5)29(6)23(21)12-22(18)26/h7-13H,1-6H3,(H,28,30)/b19-10+. The average Bonchev–Trinajstić information content (AvgIpc) is 2.67. The molecule has 30 heavy (non-hydrogen) atoms. The zero-order valence-corrected chi connectivity index (χ0v) is 18.2. The van der Waals surface area contributed by atoms with Crippen molar-refractivity contribution in [2.45, 2.75) is 40.2 Å². The Morgan fingerprint density at radius 3 is 2.50 bits per heavy atom. The van der Waals surface area contributed by atoms with Crippen molar-refractivity contribution in [3.05, 3.63) is 70.1 Å². The molecule has 1 aliphatic rings. The first-order valence-electron chi connectivity index (χ1n) is 9.81. The Balaban J connectivity index is 1.96. The largest absolute Gasteiger partial charge is 0.365 e. The summed E-state index contributed by atoms with van der Waals surface area (Å²) in [6, 6.07) is 10.6. The number of allylic oxidation sites excluding steroid dienone is 1. The van der Waals surface area contributed by atoms with E-state index in [1.807, 2.05) is 50.9 Å². The van der Waals surface area contributed by atoms with Gasteiger partial charge in [-0.25, -0.2) is 4.39 Å². The van der Waals surface area contributed by atoms with Gasteiger partial charge < -0.3 is 10.2 Å². The molecule has 3 rings (SSSR count). The van der Waals surface area contributed by atoms with Crippen LogP contribution in [-0.4, -0.2) is 18.5 Å². The van der Waals surface area contributed by atoms with E-state index >= 15 is 0 Å². The number of carbonyl (C=O) groups is 1. The number of rotatable bonds is 3. The fraction of sp³-hybridized carbons (Fsp3) is 0.280. The van der Waals surface area contributed by atoms with Crippen LogP contribution in [0.1, 0.15) is 43.0 Å². The van der Waals surface area contributed by atoms with E-state index in [9.17, 15) is 14.4 Å². The SMILES string of the molecule is CC1=CC(C)(C)N(C)c2cc(F)c(/C=C(\C#N)C(=O)Nc3ccc(C)c(C)c3)cc21. The second-order valence-corrected chi connectivity index (χ2v) is 8.35. The highest BCUT2D eigenvalue weighted by Gasteiger charge is 2.29. The van der Waals surface area contributed by atoms with Crippen LogP contribution >= 0.6 is 0 Å². The number of amides is 1. The van der Waals surface area contributed by atoms with E-state index in [0.29, 0.717) is 5.69 Å². The lowest BCUT2D eigenvalue weighted by atomic mass is 9.88. The highest BCUT2D eigenvalue weighted by atomic mass is 19.1. The smallest absolute Gasteiger partial charge is 0.266 e. The second kappa shape index (κ2) is 7.79. The Morgan fingerprint density at radius 2 is 1.87 bits per heavy atom. The third-order valence-corrected chi connectivity index (χ3v) is 5.77. The van der Waals surface area contributed by atoms with Gasteiger partial charge in [0.05, 0.1) is 5.54 Å². The number of nitriles is 1. The molecule has 0 fully saturated rings. The molecule has 1 heterocycles. The average molecular weight is 404 g/mol. The zero-order chi connectivity index (χ0) is 22.2. The van der Waals surface area contributed by atoms with E-state index in [2.05, 4.69) is 25.2 Å². The van der Waals surface area contributed by atoms with E-state index < -0.39 is 11.7 Å². The Morgan fingerprint density at radius 1 is 1.17 bits per heavy atom. The number of anilines is 2. The maximum absolute atomic E-state index is 14.9. The molecule has 154 valence electrons.